The maximum Gasteiger partial charge on any atom is 0.337 e. The third-order valence-electron chi connectivity index (χ3n) is 7.26. The number of carbonyl (C=O) groups is 2. The fourth-order valence-corrected chi connectivity index (χ4v) is 6.78. The van der Waals surface area contributed by atoms with Crippen molar-refractivity contribution < 1.29 is 19.4 Å². The lowest BCUT2D eigenvalue weighted by Gasteiger charge is -2.34. The minimum atomic E-state index is -0.427. The predicted molar refractivity (Wildman–Crippen MR) is 174 cm³/mol. The molecule has 43 heavy (non-hydrogen) atoms. The van der Waals surface area contributed by atoms with Crippen LogP contribution in [0, 0.1) is 5.41 Å². The van der Waals surface area contributed by atoms with Crippen LogP contribution in [0.25, 0.3) is 22.8 Å². The molecule has 10 heteroatoms. The van der Waals surface area contributed by atoms with E-state index in [0.29, 0.717) is 37.1 Å². The highest BCUT2D eigenvalue weighted by molar-refractivity contribution is 8.26. The number of aromatic nitrogens is 3. The number of amides is 1. The van der Waals surface area contributed by atoms with Crippen molar-refractivity contribution in [2.75, 3.05) is 7.11 Å². The Balaban J connectivity index is 1.52. The summed E-state index contributed by atoms with van der Waals surface area (Å²) in [5.74, 6) is -0.689. The minimum Gasteiger partial charge on any atom is -0.505 e. The van der Waals surface area contributed by atoms with Crippen LogP contribution in [0.3, 0.4) is 0 Å². The smallest absolute Gasteiger partial charge is 0.337 e. The van der Waals surface area contributed by atoms with E-state index in [-0.39, 0.29) is 29.0 Å². The summed E-state index contributed by atoms with van der Waals surface area (Å²) in [5, 5.41) is 20.8. The molecular weight excluding hydrogens is 581 g/mol. The van der Waals surface area contributed by atoms with Crippen LogP contribution in [0.4, 0.5) is 0 Å². The lowest BCUT2D eigenvalue weighted by molar-refractivity contribution is -0.122. The molecule has 222 valence electrons. The third kappa shape index (κ3) is 6.50. The van der Waals surface area contributed by atoms with Gasteiger partial charge in [-0.25, -0.2) is 4.79 Å². The molecule has 3 aromatic carbocycles. The standard InChI is InChI=1S/C33H34N4O4S2/c1-32(2,3)19-33(4,5)23-16-22(28(38)26(17-23)37-34-24-9-7-8-10-25(24)35-37)18-36-29(39)27(43-31(36)42)15-20-11-13-21(14-12-20)30(40)41-6/h7-17,38H,18-19H2,1-6H3. The van der Waals surface area contributed by atoms with Gasteiger partial charge in [-0.05, 0) is 70.9 Å². The summed E-state index contributed by atoms with van der Waals surface area (Å²) < 4.78 is 5.15. The Hall–Kier alpha value is -4.02. The quantitative estimate of drug-likeness (QED) is 0.135. The number of hydrogen-bond acceptors (Lipinski definition) is 8. The van der Waals surface area contributed by atoms with E-state index in [9.17, 15) is 14.7 Å². The van der Waals surface area contributed by atoms with Gasteiger partial charge in [-0.3, -0.25) is 9.69 Å². The number of rotatable bonds is 7. The number of esters is 1. The number of hydrogen-bond donors (Lipinski definition) is 1. The van der Waals surface area contributed by atoms with Gasteiger partial charge < -0.3 is 9.84 Å². The third-order valence-corrected chi connectivity index (χ3v) is 8.63. The zero-order valence-electron chi connectivity index (χ0n) is 25.0. The maximum absolute atomic E-state index is 13.6. The Morgan fingerprint density at radius 2 is 1.65 bits per heavy atom. The van der Waals surface area contributed by atoms with Gasteiger partial charge in [-0.15, -0.1) is 15.0 Å². The van der Waals surface area contributed by atoms with E-state index < -0.39 is 5.97 Å². The number of phenols is 1. The minimum absolute atomic E-state index is 0.00737. The summed E-state index contributed by atoms with van der Waals surface area (Å²) in [6.07, 6.45) is 2.63. The van der Waals surface area contributed by atoms with E-state index in [1.807, 2.05) is 36.4 Å². The van der Waals surface area contributed by atoms with E-state index in [0.717, 1.165) is 17.5 Å². The Labute approximate surface area is 260 Å². The molecule has 1 fully saturated rings. The molecule has 2 heterocycles. The lowest BCUT2D eigenvalue weighted by Crippen LogP contribution is -2.28. The molecule has 0 aliphatic carbocycles. The van der Waals surface area contributed by atoms with E-state index >= 15 is 0 Å². The molecule has 0 spiro atoms. The highest BCUT2D eigenvalue weighted by atomic mass is 32.2. The highest BCUT2D eigenvalue weighted by Gasteiger charge is 2.34. The Kier molecular flexibility index (Phi) is 8.20. The molecule has 0 radical (unpaired) electrons. The van der Waals surface area contributed by atoms with Gasteiger partial charge in [-0.2, -0.15) is 0 Å². The molecule has 0 unspecified atom stereocenters. The summed E-state index contributed by atoms with van der Waals surface area (Å²) in [5.41, 5.74) is 4.39. The Morgan fingerprint density at radius 1 is 1.02 bits per heavy atom. The zero-order chi connectivity index (χ0) is 31.1. The molecular formula is C33H34N4O4S2. The average molecular weight is 615 g/mol. The van der Waals surface area contributed by atoms with E-state index in [1.165, 1.54) is 28.6 Å². The van der Waals surface area contributed by atoms with Gasteiger partial charge in [0.05, 0.1) is 24.1 Å². The van der Waals surface area contributed by atoms with Crippen molar-refractivity contribution >= 4 is 57.3 Å². The van der Waals surface area contributed by atoms with Crippen LogP contribution in [0.15, 0.2) is 65.6 Å². The predicted octanol–water partition coefficient (Wildman–Crippen LogP) is 7.03. The molecule has 1 saturated heterocycles. The molecule has 1 amide bonds. The number of aromatic hydroxyl groups is 1. The number of thiocarbonyl (C=S) groups is 1. The van der Waals surface area contributed by atoms with Gasteiger partial charge in [0.1, 0.15) is 26.8 Å². The average Bonchev–Trinajstić information content (AvgIpc) is 3.49. The highest BCUT2D eigenvalue weighted by Crippen LogP contribution is 2.41. The SMILES string of the molecule is COC(=O)c1ccc(C=C2SC(=S)N(Cc3cc(C(C)(C)CC(C)(C)C)cc(-n4nc5ccccc5n4)c3O)C2=O)cc1. The first-order valence-electron chi connectivity index (χ1n) is 13.9. The molecule has 1 aromatic heterocycles. The van der Waals surface area contributed by atoms with Crippen molar-refractivity contribution in [2.24, 2.45) is 5.41 Å². The van der Waals surface area contributed by atoms with Crippen molar-refractivity contribution in [1.29, 1.82) is 0 Å². The van der Waals surface area contributed by atoms with Crippen LogP contribution in [-0.4, -0.2) is 48.3 Å². The first-order chi connectivity index (χ1) is 20.3. The molecule has 1 N–H and O–H groups in total. The molecule has 0 saturated carbocycles. The molecule has 1 aliphatic heterocycles. The van der Waals surface area contributed by atoms with Crippen LogP contribution in [0.2, 0.25) is 0 Å². The van der Waals surface area contributed by atoms with Crippen molar-refractivity contribution in [3.05, 3.63) is 87.8 Å². The summed E-state index contributed by atoms with van der Waals surface area (Å²) in [6.45, 7) is 11.1. The van der Waals surface area contributed by atoms with Gasteiger partial charge in [0, 0.05) is 5.56 Å². The molecule has 8 nitrogen and oxygen atoms in total. The maximum atomic E-state index is 13.6. The number of benzene rings is 3. The number of carbonyl (C=O) groups excluding carboxylic acids is 2. The fourth-order valence-electron chi connectivity index (χ4n) is 5.53. The van der Waals surface area contributed by atoms with Gasteiger partial charge in [-0.1, -0.05) is 82.9 Å². The van der Waals surface area contributed by atoms with Crippen molar-refractivity contribution in [2.45, 2.75) is 53.0 Å². The summed E-state index contributed by atoms with van der Waals surface area (Å²) in [7, 11) is 1.33. The number of fused-ring (bicyclic) bond motifs is 1. The van der Waals surface area contributed by atoms with E-state index in [2.05, 4.69) is 44.8 Å². The number of thioether (sulfide) groups is 1. The molecule has 1 aliphatic rings. The van der Waals surface area contributed by atoms with Crippen molar-refractivity contribution in [3.8, 4) is 11.4 Å². The number of phenolic OH excluding ortho intramolecular Hbond substituents is 1. The number of methoxy groups -OCH3 is 1. The van der Waals surface area contributed by atoms with Gasteiger partial charge in [0.15, 0.2) is 0 Å². The molecule has 5 rings (SSSR count). The molecule has 0 bridgehead atoms. The van der Waals surface area contributed by atoms with Crippen molar-refractivity contribution in [3.63, 3.8) is 0 Å². The van der Waals surface area contributed by atoms with Crippen LogP contribution in [0.5, 0.6) is 5.75 Å². The largest absolute Gasteiger partial charge is 0.505 e. The van der Waals surface area contributed by atoms with Gasteiger partial charge in [0.25, 0.3) is 5.91 Å². The number of ether oxygens (including phenoxy) is 1. The van der Waals surface area contributed by atoms with Crippen LogP contribution < -0.4 is 0 Å². The van der Waals surface area contributed by atoms with Crippen molar-refractivity contribution in [1.82, 2.24) is 19.9 Å². The second-order valence-electron chi connectivity index (χ2n) is 12.5. The first-order valence-corrected chi connectivity index (χ1v) is 15.1. The second kappa shape index (κ2) is 11.6. The van der Waals surface area contributed by atoms with Crippen LogP contribution >= 0.6 is 24.0 Å². The van der Waals surface area contributed by atoms with E-state index in [4.69, 9.17) is 17.0 Å². The summed E-state index contributed by atoms with van der Waals surface area (Å²) >= 11 is 6.83. The van der Waals surface area contributed by atoms with Crippen LogP contribution in [-0.2, 0) is 21.5 Å². The normalized spacial score (nSPS) is 15.1. The monoisotopic (exact) mass is 614 g/mol. The van der Waals surface area contributed by atoms with E-state index in [1.54, 1.807) is 30.3 Å². The lowest BCUT2D eigenvalue weighted by atomic mass is 9.72. The van der Waals surface area contributed by atoms with Gasteiger partial charge in [0.2, 0.25) is 0 Å². The Bertz CT molecular complexity index is 1730. The fraction of sp³-hybridized carbons (Fsp3) is 0.303. The number of nitrogens with zero attached hydrogens (tertiary/aromatic N) is 4. The molecule has 4 aromatic rings. The zero-order valence-corrected chi connectivity index (χ0v) is 26.7. The van der Waals surface area contributed by atoms with Crippen LogP contribution in [0.1, 0.15) is 68.1 Å². The molecule has 0 atom stereocenters. The topological polar surface area (TPSA) is 97.6 Å². The summed E-state index contributed by atoms with van der Waals surface area (Å²) in [6, 6.07) is 18.2. The first kappa shape index (κ1) is 30.4. The second-order valence-corrected chi connectivity index (χ2v) is 14.2. The Morgan fingerprint density at radius 3 is 2.23 bits per heavy atom. The summed E-state index contributed by atoms with van der Waals surface area (Å²) in [4.78, 5) is 28.8. The van der Waals surface area contributed by atoms with Gasteiger partial charge >= 0.3 is 5.97 Å².